The van der Waals surface area contributed by atoms with E-state index in [1.54, 1.807) is 18.2 Å². The van der Waals surface area contributed by atoms with E-state index in [1.807, 2.05) is 12.1 Å². The Labute approximate surface area is 197 Å². The summed E-state index contributed by atoms with van der Waals surface area (Å²) in [6, 6.07) is 10.2. The van der Waals surface area contributed by atoms with E-state index < -0.39 is 15.8 Å². The molecule has 6 heteroatoms. The van der Waals surface area contributed by atoms with Crippen molar-refractivity contribution < 1.29 is 12.8 Å². The molecule has 33 heavy (non-hydrogen) atoms. The lowest BCUT2D eigenvalue weighted by Crippen LogP contribution is -2.32. The molecule has 178 valence electrons. The van der Waals surface area contributed by atoms with Gasteiger partial charge < -0.3 is 0 Å². The smallest absolute Gasteiger partial charge is 0.261 e. The van der Waals surface area contributed by atoms with E-state index in [9.17, 15) is 12.8 Å². The molecule has 1 N–H and O–H groups in total. The fourth-order valence-electron chi connectivity index (χ4n) is 5.47. The van der Waals surface area contributed by atoms with Gasteiger partial charge in [-0.1, -0.05) is 44.2 Å². The standard InChI is InChI=1S/C27H35FN2O2S/c28-26-16-21(7-3-6-20-4-1-2-5-20)10-13-27(26)29-33(31,32)25-12-11-24-19-30(18-22-8-9-22)15-14-23(24)17-25/h10-13,16-17,20,22,29H,1-9,14-15,18-19H2. The topological polar surface area (TPSA) is 49.4 Å². The van der Waals surface area contributed by atoms with Gasteiger partial charge in [-0.05, 0) is 84.9 Å². The maximum absolute atomic E-state index is 14.7. The first-order chi connectivity index (χ1) is 16.0. The minimum absolute atomic E-state index is 0.0165. The Bertz CT molecular complexity index is 1090. The summed E-state index contributed by atoms with van der Waals surface area (Å²) in [5.74, 6) is 1.17. The van der Waals surface area contributed by atoms with Crippen molar-refractivity contribution in [3.05, 3.63) is 58.9 Å². The molecule has 2 fully saturated rings. The highest BCUT2D eigenvalue weighted by atomic mass is 32.2. The number of hydrogen-bond donors (Lipinski definition) is 1. The van der Waals surface area contributed by atoms with Crippen LogP contribution in [0.5, 0.6) is 0 Å². The third-order valence-corrected chi connectivity index (χ3v) is 8.99. The second-order valence-corrected chi connectivity index (χ2v) is 12.0. The molecule has 2 aliphatic carbocycles. The van der Waals surface area contributed by atoms with Crippen LogP contribution in [0.1, 0.15) is 68.1 Å². The molecule has 0 aromatic heterocycles. The van der Waals surface area contributed by atoms with Crippen LogP contribution in [0.3, 0.4) is 0 Å². The third-order valence-electron chi connectivity index (χ3n) is 7.62. The number of aryl methyl sites for hydroxylation is 1. The maximum atomic E-state index is 14.7. The summed E-state index contributed by atoms with van der Waals surface area (Å²) in [6.07, 6.45) is 12.0. The van der Waals surface area contributed by atoms with Gasteiger partial charge in [0, 0.05) is 19.6 Å². The molecule has 0 saturated heterocycles. The van der Waals surface area contributed by atoms with Crippen molar-refractivity contribution in [3.8, 4) is 0 Å². The van der Waals surface area contributed by atoms with E-state index in [1.165, 1.54) is 56.6 Å². The first kappa shape index (κ1) is 22.9. The average molecular weight is 471 g/mol. The minimum Gasteiger partial charge on any atom is -0.298 e. The van der Waals surface area contributed by atoms with Gasteiger partial charge in [-0.2, -0.15) is 0 Å². The van der Waals surface area contributed by atoms with Crippen molar-refractivity contribution in [2.24, 2.45) is 11.8 Å². The van der Waals surface area contributed by atoms with Crippen LogP contribution >= 0.6 is 0 Å². The van der Waals surface area contributed by atoms with Gasteiger partial charge in [0.1, 0.15) is 5.82 Å². The van der Waals surface area contributed by atoms with Gasteiger partial charge in [0.2, 0.25) is 0 Å². The van der Waals surface area contributed by atoms with E-state index in [2.05, 4.69) is 9.62 Å². The van der Waals surface area contributed by atoms with Crippen molar-refractivity contribution in [1.82, 2.24) is 4.90 Å². The van der Waals surface area contributed by atoms with Gasteiger partial charge in [0.25, 0.3) is 10.0 Å². The second-order valence-electron chi connectivity index (χ2n) is 10.3. The summed E-state index contributed by atoms with van der Waals surface area (Å²) in [5.41, 5.74) is 3.23. The quantitative estimate of drug-likeness (QED) is 0.496. The molecule has 0 atom stereocenters. The molecule has 2 saturated carbocycles. The van der Waals surface area contributed by atoms with Crippen molar-refractivity contribution in [1.29, 1.82) is 0 Å². The van der Waals surface area contributed by atoms with Crippen LogP contribution in [0.4, 0.5) is 10.1 Å². The fraction of sp³-hybridized carbons (Fsp3) is 0.556. The number of nitrogens with one attached hydrogen (secondary N) is 1. The number of sulfonamides is 1. The Morgan fingerprint density at radius 1 is 0.970 bits per heavy atom. The van der Waals surface area contributed by atoms with Gasteiger partial charge in [-0.15, -0.1) is 0 Å². The predicted molar refractivity (Wildman–Crippen MR) is 130 cm³/mol. The number of nitrogens with zero attached hydrogens (tertiary/aromatic N) is 1. The Hall–Kier alpha value is -1.92. The molecule has 1 heterocycles. The zero-order valence-electron chi connectivity index (χ0n) is 19.4. The lowest BCUT2D eigenvalue weighted by molar-refractivity contribution is 0.244. The molecule has 0 unspecified atom stereocenters. The Morgan fingerprint density at radius 2 is 1.79 bits per heavy atom. The Morgan fingerprint density at radius 3 is 2.55 bits per heavy atom. The number of benzene rings is 2. The lowest BCUT2D eigenvalue weighted by Gasteiger charge is -2.29. The van der Waals surface area contributed by atoms with Crippen molar-refractivity contribution in [2.75, 3.05) is 17.8 Å². The molecule has 2 aromatic carbocycles. The van der Waals surface area contributed by atoms with Crippen molar-refractivity contribution in [3.63, 3.8) is 0 Å². The van der Waals surface area contributed by atoms with E-state index in [-0.39, 0.29) is 10.6 Å². The molecule has 2 aromatic rings. The van der Waals surface area contributed by atoms with Gasteiger partial charge in [0.05, 0.1) is 10.6 Å². The third kappa shape index (κ3) is 5.78. The van der Waals surface area contributed by atoms with E-state index >= 15 is 0 Å². The van der Waals surface area contributed by atoms with Gasteiger partial charge >= 0.3 is 0 Å². The Balaban J connectivity index is 1.21. The van der Waals surface area contributed by atoms with Crippen LogP contribution in [0.15, 0.2) is 41.3 Å². The molecule has 5 rings (SSSR count). The fourth-order valence-corrected chi connectivity index (χ4v) is 6.59. The molecule has 0 amide bonds. The number of hydrogen-bond acceptors (Lipinski definition) is 3. The highest BCUT2D eigenvalue weighted by Gasteiger charge is 2.27. The number of fused-ring (bicyclic) bond motifs is 1. The molecule has 4 nitrogen and oxygen atoms in total. The molecule has 0 spiro atoms. The SMILES string of the molecule is O=S(=O)(Nc1ccc(CCCC2CCCC2)cc1F)c1ccc2c(c1)CCN(CC1CC1)C2. The van der Waals surface area contributed by atoms with Gasteiger partial charge in [0.15, 0.2) is 0 Å². The van der Waals surface area contributed by atoms with Crippen molar-refractivity contribution >= 4 is 15.7 Å². The van der Waals surface area contributed by atoms with Crippen LogP contribution in [-0.2, 0) is 29.4 Å². The first-order valence-electron chi connectivity index (χ1n) is 12.6. The van der Waals surface area contributed by atoms with E-state index in [4.69, 9.17) is 0 Å². The van der Waals surface area contributed by atoms with Crippen LogP contribution in [0.25, 0.3) is 0 Å². The monoisotopic (exact) mass is 470 g/mol. The van der Waals surface area contributed by atoms with Crippen LogP contribution in [0, 0.1) is 17.7 Å². The van der Waals surface area contributed by atoms with Crippen molar-refractivity contribution in [2.45, 2.75) is 75.6 Å². The molecule has 1 aliphatic heterocycles. The average Bonchev–Trinajstić information content (AvgIpc) is 3.46. The zero-order valence-corrected chi connectivity index (χ0v) is 20.2. The van der Waals surface area contributed by atoms with Crippen LogP contribution < -0.4 is 4.72 Å². The highest BCUT2D eigenvalue weighted by molar-refractivity contribution is 7.92. The number of rotatable bonds is 9. The van der Waals surface area contributed by atoms with E-state index in [0.29, 0.717) is 0 Å². The van der Waals surface area contributed by atoms with Crippen LogP contribution in [0.2, 0.25) is 0 Å². The van der Waals surface area contributed by atoms with Crippen LogP contribution in [-0.4, -0.2) is 26.4 Å². The molecular formula is C27H35FN2O2S. The molecule has 3 aliphatic rings. The normalized spacial score (nSPS) is 19.5. The molecule has 0 radical (unpaired) electrons. The van der Waals surface area contributed by atoms with E-state index in [0.717, 1.165) is 61.9 Å². The van der Waals surface area contributed by atoms with Gasteiger partial charge in [-0.25, -0.2) is 12.8 Å². The second kappa shape index (κ2) is 9.75. The summed E-state index contributed by atoms with van der Waals surface area (Å²) in [6.45, 7) is 3.00. The first-order valence-corrected chi connectivity index (χ1v) is 14.1. The highest BCUT2D eigenvalue weighted by Crippen LogP contribution is 2.32. The summed E-state index contributed by atoms with van der Waals surface area (Å²) in [5, 5.41) is 0. The molecule has 0 bridgehead atoms. The maximum Gasteiger partial charge on any atom is 0.261 e. The minimum atomic E-state index is -3.84. The number of anilines is 1. The predicted octanol–water partition coefficient (Wildman–Crippen LogP) is 5.91. The Kier molecular flexibility index (Phi) is 6.75. The summed E-state index contributed by atoms with van der Waals surface area (Å²) in [7, 11) is -3.84. The largest absolute Gasteiger partial charge is 0.298 e. The summed E-state index contributed by atoms with van der Waals surface area (Å²) < 4.78 is 43.1. The zero-order chi connectivity index (χ0) is 22.8. The van der Waals surface area contributed by atoms with Gasteiger partial charge in [-0.3, -0.25) is 9.62 Å². The summed E-state index contributed by atoms with van der Waals surface area (Å²) >= 11 is 0. The summed E-state index contributed by atoms with van der Waals surface area (Å²) in [4.78, 5) is 2.67. The lowest BCUT2D eigenvalue weighted by atomic mass is 9.98. The number of halogens is 1. The molecular weight excluding hydrogens is 435 g/mol.